The molecule has 208 valence electrons. The van der Waals surface area contributed by atoms with Gasteiger partial charge in [-0.25, -0.2) is 4.79 Å². The second-order valence-corrected chi connectivity index (χ2v) is 8.98. The van der Waals surface area contributed by atoms with E-state index < -0.39 is 66.2 Å². The summed E-state index contributed by atoms with van der Waals surface area (Å²) in [4.78, 5) is 72.8. The lowest BCUT2D eigenvalue weighted by atomic mass is 10.0. The average Bonchev–Trinajstić information content (AvgIpc) is 3.39. The number of hydrogen-bond donors (Lipinski definition) is 8. The first-order chi connectivity index (χ1) is 18.0. The molecule has 4 unspecified atom stereocenters. The zero-order chi connectivity index (χ0) is 28.2. The van der Waals surface area contributed by atoms with Crippen LogP contribution in [0.1, 0.15) is 44.1 Å². The van der Waals surface area contributed by atoms with E-state index in [-0.39, 0.29) is 31.4 Å². The number of primary amides is 1. The second-order valence-electron chi connectivity index (χ2n) is 8.98. The molecule has 0 aliphatic carbocycles. The smallest absolute Gasteiger partial charge is 0.326 e. The quantitative estimate of drug-likeness (QED) is 0.127. The van der Waals surface area contributed by atoms with Crippen molar-refractivity contribution in [2.24, 2.45) is 5.73 Å². The Bertz CT molecular complexity index is 1020. The number of phenolic OH excluding ortho intramolecular Hbond substituents is 1. The van der Waals surface area contributed by atoms with Crippen molar-refractivity contribution in [1.29, 1.82) is 0 Å². The van der Waals surface area contributed by atoms with E-state index in [0.717, 1.165) is 6.42 Å². The Balaban J connectivity index is 2.15. The lowest BCUT2D eigenvalue weighted by molar-refractivity contribution is -0.143. The SMILES string of the molecule is NC(=O)CCC(NC(=O)C1CCCN1)C(=O)NC(CCC(=O)O)C(=O)NC(Cc1ccc(O)cc1)C(=O)O. The minimum atomic E-state index is -1.45. The normalized spacial score (nSPS) is 17.0. The number of benzene rings is 1. The molecule has 14 nitrogen and oxygen atoms in total. The summed E-state index contributed by atoms with van der Waals surface area (Å²) in [5.74, 6) is -5.62. The number of amides is 4. The van der Waals surface area contributed by atoms with Crippen LogP contribution in [-0.2, 0) is 35.2 Å². The van der Waals surface area contributed by atoms with Crippen molar-refractivity contribution in [2.45, 2.75) is 69.1 Å². The molecule has 0 aromatic heterocycles. The minimum absolute atomic E-state index is 0.0252. The van der Waals surface area contributed by atoms with Crippen LogP contribution in [0.2, 0.25) is 0 Å². The van der Waals surface area contributed by atoms with Crippen LogP contribution in [0.4, 0.5) is 0 Å². The Morgan fingerprint density at radius 1 is 0.895 bits per heavy atom. The summed E-state index contributed by atoms with van der Waals surface area (Å²) < 4.78 is 0. The fraction of sp³-hybridized carbons (Fsp3) is 0.500. The molecule has 4 amide bonds. The molecule has 0 bridgehead atoms. The summed E-state index contributed by atoms with van der Waals surface area (Å²) in [5.41, 5.74) is 5.68. The van der Waals surface area contributed by atoms with E-state index >= 15 is 0 Å². The molecule has 0 radical (unpaired) electrons. The Morgan fingerprint density at radius 3 is 2.00 bits per heavy atom. The van der Waals surface area contributed by atoms with Crippen molar-refractivity contribution < 1.29 is 44.1 Å². The van der Waals surface area contributed by atoms with Crippen LogP contribution in [0.5, 0.6) is 5.75 Å². The summed E-state index contributed by atoms with van der Waals surface area (Å²) in [6.45, 7) is 0.628. The number of aromatic hydroxyl groups is 1. The number of phenols is 1. The predicted octanol–water partition coefficient (Wildman–Crippen LogP) is -1.64. The van der Waals surface area contributed by atoms with Gasteiger partial charge in [-0.05, 0) is 49.9 Å². The Labute approximate surface area is 218 Å². The molecule has 2 rings (SSSR count). The summed E-state index contributed by atoms with van der Waals surface area (Å²) in [6.07, 6.45) is -0.106. The van der Waals surface area contributed by atoms with Crippen LogP contribution >= 0.6 is 0 Å². The largest absolute Gasteiger partial charge is 0.508 e. The third-order valence-corrected chi connectivity index (χ3v) is 5.96. The highest BCUT2D eigenvalue weighted by Crippen LogP contribution is 2.12. The van der Waals surface area contributed by atoms with E-state index in [0.29, 0.717) is 18.5 Å². The summed E-state index contributed by atoms with van der Waals surface area (Å²) in [5, 5.41) is 38.3. The van der Waals surface area contributed by atoms with E-state index in [1.54, 1.807) is 0 Å². The number of carbonyl (C=O) groups is 6. The van der Waals surface area contributed by atoms with Gasteiger partial charge in [0.1, 0.15) is 23.9 Å². The third-order valence-electron chi connectivity index (χ3n) is 5.96. The zero-order valence-electron chi connectivity index (χ0n) is 20.6. The van der Waals surface area contributed by atoms with Gasteiger partial charge in [-0.2, -0.15) is 0 Å². The molecule has 1 heterocycles. The topological polar surface area (TPSA) is 237 Å². The molecule has 1 aromatic carbocycles. The average molecular weight is 536 g/mol. The maximum Gasteiger partial charge on any atom is 0.326 e. The Kier molecular flexibility index (Phi) is 11.5. The molecule has 1 aliphatic rings. The summed E-state index contributed by atoms with van der Waals surface area (Å²) in [6, 6.07) is 1.03. The van der Waals surface area contributed by atoms with Gasteiger partial charge < -0.3 is 42.3 Å². The molecule has 0 saturated carbocycles. The standard InChI is InChI=1S/C24H33N5O9/c25-19(31)9-7-16(27-21(34)15-2-1-11-26-15)22(35)28-17(8-10-20(32)33)23(36)29-18(24(37)38)12-13-3-5-14(30)6-4-13/h3-6,15-18,26,30H,1-2,7-12H2,(H2,25,31)(H,27,34)(H,28,35)(H,29,36)(H,32,33)(H,37,38). The van der Waals surface area contributed by atoms with Crippen LogP contribution in [0, 0.1) is 0 Å². The molecule has 4 atom stereocenters. The maximum atomic E-state index is 13.0. The van der Waals surface area contributed by atoms with E-state index in [1.807, 2.05) is 0 Å². The highest BCUT2D eigenvalue weighted by atomic mass is 16.4. The first kappa shape index (κ1) is 30.0. The molecule has 14 heteroatoms. The van der Waals surface area contributed by atoms with Gasteiger partial charge in [0.05, 0.1) is 6.04 Å². The Hall–Kier alpha value is -4.20. The van der Waals surface area contributed by atoms with Crippen LogP contribution in [-0.4, -0.2) is 81.6 Å². The number of hydrogen-bond acceptors (Lipinski definition) is 8. The van der Waals surface area contributed by atoms with Crippen LogP contribution in [0.25, 0.3) is 0 Å². The van der Waals surface area contributed by atoms with Gasteiger partial charge in [0.25, 0.3) is 0 Å². The van der Waals surface area contributed by atoms with E-state index in [2.05, 4.69) is 21.3 Å². The monoisotopic (exact) mass is 535 g/mol. The van der Waals surface area contributed by atoms with E-state index in [1.165, 1.54) is 24.3 Å². The molecule has 1 saturated heterocycles. The lowest BCUT2D eigenvalue weighted by Crippen LogP contribution is -2.57. The van der Waals surface area contributed by atoms with E-state index in [4.69, 9.17) is 10.8 Å². The molecule has 1 aromatic rings. The molecular weight excluding hydrogens is 502 g/mol. The number of carboxylic acid groups (broad SMARTS) is 2. The predicted molar refractivity (Wildman–Crippen MR) is 132 cm³/mol. The van der Waals surface area contributed by atoms with Crippen LogP contribution in [0.15, 0.2) is 24.3 Å². The molecular formula is C24H33N5O9. The minimum Gasteiger partial charge on any atom is -0.508 e. The number of rotatable bonds is 15. The Morgan fingerprint density at radius 2 is 1.47 bits per heavy atom. The van der Waals surface area contributed by atoms with Crippen molar-refractivity contribution in [2.75, 3.05) is 6.54 Å². The summed E-state index contributed by atoms with van der Waals surface area (Å²) in [7, 11) is 0. The van der Waals surface area contributed by atoms with Gasteiger partial charge in [-0.15, -0.1) is 0 Å². The molecule has 9 N–H and O–H groups in total. The number of aliphatic carboxylic acids is 2. The molecule has 0 spiro atoms. The van der Waals surface area contributed by atoms with Crippen molar-refractivity contribution in [3.63, 3.8) is 0 Å². The van der Waals surface area contributed by atoms with Crippen molar-refractivity contribution >= 4 is 35.6 Å². The fourth-order valence-electron chi connectivity index (χ4n) is 3.89. The van der Waals surface area contributed by atoms with Gasteiger partial charge in [0.2, 0.25) is 23.6 Å². The van der Waals surface area contributed by atoms with Gasteiger partial charge in [-0.1, -0.05) is 12.1 Å². The highest BCUT2D eigenvalue weighted by Gasteiger charge is 2.32. The van der Waals surface area contributed by atoms with Crippen molar-refractivity contribution in [3.05, 3.63) is 29.8 Å². The number of nitrogens with one attached hydrogen (secondary N) is 4. The number of carboxylic acids is 2. The summed E-state index contributed by atoms with van der Waals surface area (Å²) >= 11 is 0. The molecule has 1 aliphatic heterocycles. The van der Waals surface area contributed by atoms with E-state index in [9.17, 15) is 39.0 Å². The second kappa shape index (κ2) is 14.5. The molecule has 1 fully saturated rings. The number of carbonyl (C=O) groups excluding carboxylic acids is 4. The number of nitrogens with two attached hydrogens (primary N) is 1. The van der Waals surface area contributed by atoms with Crippen molar-refractivity contribution in [1.82, 2.24) is 21.3 Å². The van der Waals surface area contributed by atoms with Gasteiger partial charge in [-0.3, -0.25) is 24.0 Å². The van der Waals surface area contributed by atoms with Gasteiger partial charge in [0.15, 0.2) is 0 Å². The molecule has 38 heavy (non-hydrogen) atoms. The first-order valence-corrected chi connectivity index (χ1v) is 12.1. The van der Waals surface area contributed by atoms with Gasteiger partial charge in [0, 0.05) is 19.3 Å². The van der Waals surface area contributed by atoms with Crippen molar-refractivity contribution in [3.8, 4) is 5.75 Å². The van der Waals surface area contributed by atoms with Crippen LogP contribution in [0.3, 0.4) is 0 Å². The highest BCUT2D eigenvalue weighted by molar-refractivity contribution is 5.94. The zero-order valence-corrected chi connectivity index (χ0v) is 20.6. The lowest BCUT2D eigenvalue weighted by Gasteiger charge is -2.25. The first-order valence-electron chi connectivity index (χ1n) is 12.1. The third kappa shape index (κ3) is 10.0. The van der Waals surface area contributed by atoms with Gasteiger partial charge >= 0.3 is 11.9 Å². The maximum absolute atomic E-state index is 13.0. The van der Waals surface area contributed by atoms with Crippen LogP contribution < -0.4 is 27.0 Å². The fourth-order valence-corrected chi connectivity index (χ4v) is 3.89.